The first kappa shape index (κ1) is 19.0. The average molecular weight is 378 g/mol. The molecule has 2 aliphatic heterocycles. The molecule has 0 radical (unpaired) electrons. The van der Waals surface area contributed by atoms with Crippen LogP contribution in [-0.2, 0) is 9.47 Å². The van der Waals surface area contributed by atoms with Crippen molar-refractivity contribution in [2.45, 2.75) is 25.9 Å². The fourth-order valence-electron chi connectivity index (χ4n) is 3.24. The lowest BCUT2D eigenvalue weighted by molar-refractivity contribution is 0.158. The van der Waals surface area contributed by atoms with Gasteiger partial charge in [-0.15, -0.1) is 0 Å². The number of fused-ring (bicyclic) bond motifs is 3. The summed E-state index contributed by atoms with van der Waals surface area (Å²) < 4.78 is 10.2. The van der Waals surface area contributed by atoms with Crippen molar-refractivity contribution in [3.63, 3.8) is 0 Å². The van der Waals surface area contributed by atoms with Crippen molar-refractivity contribution in [1.29, 1.82) is 10.5 Å². The topological polar surface area (TPSA) is 107 Å². The Balaban J connectivity index is 2.14. The van der Waals surface area contributed by atoms with Gasteiger partial charge in [0.1, 0.15) is 12.1 Å². The summed E-state index contributed by atoms with van der Waals surface area (Å²) in [4.78, 5) is 27.4. The first-order valence-corrected chi connectivity index (χ1v) is 8.81. The van der Waals surface area contributed by atoms with Gasteiger partial charge in [-0.2, -0.15) is 10.5 Å². The third-order valence-electron chi connectivity index (χ3n) is 4.40. The maximum atomic E-state index is 12.4. The first-order chi connectivity index (χ1) is 13.6. The molecule has 2 heterocycles. The predicted molar refractivity (Wildman–Crippen MR) is 102 cm³/mol. The molecule has 28 heavy (non-hydrogen) atoms. The Kier molecular flexibility index (Phi) is 5.32. The van der Waals surface area contributed by atoms with Gasteiger partial charge in [0.2, 0.25) is 0 Å². The highest BCUT2D eigenvalue weighted by molar-refractivity contribution is 6.01. The van der Waals surface area contributed by atoms with Crippen LogP contribution in [0, 0.1) is 22.7 Å². The van der Waals surface area contributed by atoms with E-state index < -0.39 is 24.3 Å². The van der Waals surface area contributed by atoms with E-state index in [1.165, 1.54) is 9.80 Å². The highest BCUT2D eigenvalue weighted by Gasteiger charge is 2.35. The zero-order valence-corrected chi connectivity index (χ0v) is 15.5. The van der Waals surface area contributed by atoms with Crippen molar-refractivity contribution < 1.29 is 19.1 Å². The summed E-state index contributed by atoms with van der Waals surface area (Å²) in [5.41, 5.74) is 2.29. The molecular weight excluding hydrogens is 360 g/mol. The second-order valence-electron chi connectivity index (χ2n) is 5.94. The van der Waals surface area contributed by atoms with Crippen LogP contribution in [0.5, 0.6) is 0 Å². The van der Waals surface area contributed by atoms with E-state index in [1.807, 2.05) is 0 Å². The molecule has 0 bridgehead atoms. The molecule has 142 valence electrons. The highest BCUT2D eigenvalue weighted by Crippen LogP contribution is 2.40. The van der Waals surface area contributed by atoms with E-state index in [0.717, 1.165) is 0 Å². The third-order valence-corrected chi connectivity index (χ3v) is 4.40. The molecule has 0 fully saturated rings. The highest BCUT2D eigenvalue weighted by atomic mass is 16.6. The van der Waals surface area contributed by atoms with Crippen molar-refractivity contribution in [3.8, 4) is 12.1 Å². The number of nitrogens with zero attached hydrogens (tertiary/aromatic N) is 4. The molecule has 1 aromatic carbocycles. The van der Waals surface area contributed by atoms with E-state index in [2.05, 4.69) is 12.1 Å². The first-order valence-electron chi connectivity index (χ1n) is 8.81. The number of carbonyl (C=O) groups is 2. The van der Waals surface area contributed by atoms with Crippen molar-refractivity contribution in [2.24, 2.45) is 0 Å². The molecule has 0 saturated heterocycles. The summed E-state index contributed by atoms with van der Waals surface area (Å²) in [7, 11) is 0. The van der Waals surface area contributed by atoms with Crippen molar-refractivity contribution in [1.82, 2.24) is 0 Å². The molecular formula is C20H18N4O4. The second kappa shape index (κ2) is 7.85. The molecule has 0 aliphatic carbocycles. The van der Waals surface area contributed by atoms with Gasteiger partial charge in [-0.25, -0.2) is 9.59 Å². The normalized spacial score (nSPS) is 19.1. The number of nitriles is 2. The van der Waals surface area contributed by atoms with Crippen molar-refractivity contribution >= 4 is 35.7 Å². The molecule has 3 rings (SSSR count). The van der Waals surface area contributed by atoms with E-state index in [-0.39, 0.29) is 13.2 Å². The average Bonchev–Trinajstić information content (AvgIpc) is 2.71. The fourth-order valence-corrected chi connectivity index (χ4v) is 3.24. The molecule has 0 N–H and O–H groups in total. The fraction of sp³-hybridized carbons (Fsp3) is 0.300. The van der Waals surface area contributed by atoms with Gasteiger partial charge < -0.3 is 9.47 Å². The van der Waals surface area contributed by atoms with Gasteiger partial charge in [0.15, 0.2) is 0 Å². The Bertz CT molecular complexity index is 877. The molecule has 2 atom stereocenters. The Morgan fingerprint density at radius 2 is 1.29 bits per heavy atom. The summed E-state index contributed by atoms with van der Waals surface area (Å²) in [6.45, 7) is 3.74. The number of anilines is 2. The summed E-state index contributed by atoms with van der Waals surface area (Å²) in [6, 6.07) is 5.81. The van der Waals surface area contributed by atoms with E-state index in [1.54, 1.807) is 50.3 Å². The van der Waals surface area contributed by atoms with Crippen LogP contribution in [0.2, 0.25) is 0 Å². The van der Waals surface area contributed by atoms with Gasteiger partial charge in [-0.05, 0) is 38.1 Å². The number of carbonyl (C=O) groups excluding carboxylic acids is 2. The van der Waals surface area contributed by atoms with Crippen LogP contribution in [0.4, 0.5) is 21.0 Å². The monoisotopic (exact) mass is 378 g/mol. The summed E-state index contributed by atoms with van der Waals surface area (Å²) in [5.74, 6) is 0. The van der Waals surface area contributed by atoms with Gasteiger partial charge in [0.05, 0.1) is 36.7 Å². The van der Waals surface area contributed by atoms with Gasteiger partial charge in [0.25, 0.3) is 0 Å². The maximum Gasteiger partial charge on any atom is 0.415 e. The van der Waals surface area contributed by atoms with Crippen LogP contribution in [0.15, 0.2) is 24.3 Å². The van der Waals surface area contributed by atoms with Crippen LogP contribution in [-0.4, -0.2) is 37.5 Å². The Morgan fingerprint density at radius 3 is 1.61 bits per heavy atom. The van der Waals surface area contributed by atoms with E-state index >= 15 is 0 Å². The van der Waals surface area contributed by atoms with Crippen LogP contribution < -0.4 is 9.80 Å². The zero-order valence-electron chi connectivity index (χ0n) is 15.5. The molecule has 0 spiro atoms. The number of benzene rings is 1. The van der Waals surface area contributed by atoms with Gasteiger partial charge in [-0.1, -0.05) is 12.2 Å². The minimum atomic E-state index is -0.801. The van der Waals surface area contributed by atoms with Gasteiger partial charge >= 0.3 is 12.2 Å². The van der Waals surface area contributed by atoms with Crippen LogP contribution in [0.1, 0.15) is 25.0 Å². The Hall–Kier alpha value is -3.78. The van der Waals surface area contributed by atoms with Crippen molar-refractivity contribution in [3.05, 3.63) is 35.4 Å². The SMILES string of the molecule is CCOC(=O)N1c2ccc3c(c2C=CC1C#N)C=CC(C#N)N3C(=O)OCC. The summed E-state index contributed by atoms with van der Waals surface area (Å²) >= 11 is 0. The lowest BCUT2D eigenvalue weighted by Gasteiger charge is -2.34. The lowest BCUT2D eigenvalue weighted by atomic mass is 9.93. The Morgan fingerprint density at radius 1 is 0.893 bits per heavy atom. The number of hydrogen-bond donors (Lipinski definition) is 0. The minimum Gasteiger partial charge on any atom is -0.449 e. The van der Waals surface area contributed by atoms with Crippen LogP contribution in [0.25, 0.3) is 12.2 Å². The van der Waals surface area contributed by atoms with E-state index in [0.29, 0.717) is 22.5 Å². The largest absolute Gasteiger partial charge is 0.449 e. The molecule has 8 nitrogen and oxygen atoms in total. The molecule has 0 aromatic heterocycles. The molecule has 2 aliphatic rings. The quantitative estimate of drug-likeness (QED) is 0.780. The molecule has 2 amide bonds. The Labute approximate surface area is 162 Å². The van der Waals surface area contributed by atoms with E-state index in [9.17, 15) is 20.1 Å². The van der Waals surface area contributed by atoms with Crippen LogP contribution >= 0.6 is 0 Å². The van der Waals surface area contributed by atoms with E-state index in [4.69, 9.17) is 9.47 Å². The summed E-state index contributed by atoms with van der Waals surface area (Å²) in [6.07, 6.45) is 5.40. The van der Waals surface area contributed by atoms with Gasteiger partial charge in [0, 0.05) is 11.1 Å². The zero-order chi connectivity index (χ0) is 20.3. The number of amides is 2. The molecule has 0 saturated carbocycles. The molecule has 2 unspecified atom stereocenters. The minimum absolute atomic E-state index is 0.178. The number of ether oxygens (including phenoxy) is 2. The number of rotatable bonds is 2. The summed E-state index contributed by atoms with van der Waals surface area (Å²) in [5, 5.41) is 18.8. The standard InChI is InChI=1S/C20H18N4O4/c1-3-27-19(25)23-13(11-21)5-7-15-16-8-6-14(12-22)24(20(26)28-4-2)18(16)10-9-17(15)23/h5-10,13-14H,3-4H2,1-2H3. The molecule has 1 aromatic rings. The van der Waals surface area contributed by atoms with Crippen LogP contribution in [0.3, 0.4) is 0 Å². The maximum absolute atomic E-state index is 12.4. The number of hydrogen-bond acceptors (Lipinski definition) is 6. The molecule has 8 heteroatoms. The van der Waals surface area contributed by atoms with Crippen molar-refractivity contribution in [2.75, 3.05) is 23.0 Å². The lowest BCUT2D eigenvalue weighted by Crippen LogP contribution is -2.43. The smallest absolute Gasteiger partial charge is 0.415 e. The van der Waals surface area contributed by atoms with Gasteiger partial charge in [-0.3, -0.25) is 9.80 Å². The second-order valence-corrected chi connectivity index (χ2v) is 5.94. The predicted octanol–water partition coefficient (Wildman–Crippen LogP) is 3.45. The third kappa shape index (κ3) is 3.06.